The number of aliphatic hydroxyl groups excluding tert-OH is 1. The first kappa shape index (κ1) is 10.9. The van der Waals surface area contributed by atoms with Gasteiger partial charge in [0.05, 0.1) is 12.1 Å². The number of nitrogens with one attached hydrogen (secondary N) is 2. The largest absolute Gasteiger partial charge is 0.393 e. The molecule has 1 aliphatic heterocycles. The van der Waals surface area contributed by atoms with Gasteiger partial charge in [-0.1, -0.05) is 0 Å². The number of hydrogen-bond acceptors (Lipinski definition) is 3. The van der Waals surface area contributed by atoms with E-state index in [-0.39, 0.29) is 24.1 Å². The summed E-state index contributed by atoms with van der Waals surface area (Å²) in [4.78, 5) is 11.8. The minimum absolute atomic E-state index is 0.0249. The fraction of sp³-hybridized carbons (Fsp3) is 0.909. The molecule has 3 N–H and O–H groups in total. The van der Waals surface area contributed by atoms with Gasteiger partial charge in [0.1, 0.15) is 0 Å². The van der Waals surface area contributed by atoms with Crippen LogP contribution in [0.2, 0.25) is 0 Å². The summed E-state index contributed by atoms with van der Waals surface area (Å²) in [5.41, 5.74) is 0. The number of hydrogen-bond donors (Lipinski definition) is 3. The maximum Gasteiger partial charge on any atom is 0.237 e. The average Bonchev–Trinajstić information content (AvgIpc) is 2.74. The molecule has 0 radical (unpaired) electrons. The van der Waals surface area contributed by atoms with Gasteiger partial charge in [0.15, 0.2) is 0 Å². The van der Waals surface area contributed by atoms with Crippen LogP contribution in [0.25, 0.3) is 0 Å². The Kier molecular flexibility index (Phi) is 3.59. The topological polar surface area (TPSA) is 61.4 Å². The maximum atomic E-state index is 11.8. The molecule has 4 nitrogen and oxygen atoms in total. The minimum Gasteiger partial charge on any atom is -0.393 e. The SMILES string of the molecule is O=C(NC1CCC(O)CC1)C1CCCN1. The zero-order valence-corrected chi connectivity index (χ0v) is 9.04. The summed E-state index contributed by atoms with van der Waals surface area (Å²) < 4.78 is 0. The molecule has 0 spiro atoms. The second-order valence-corrected chi connectivity index (χ2v) is 4.66. The first-order chi connectivity index (χ1) is 7.25. The van der Waals surface area contributed by atoms with Crippen molar-refractivity contribution in [2.45, 2.75) is 56.7 Å². The van der Waals surface area contributed by atoms with Crippen LogP contribution in [0, 0.1) is 0 Å². The molecule has 2 rings (SSSR count). The van der Waals surface area contributed by atoms with Gasteiger partial charge in [0.2, 0.25) is 5.91 Å². The number of carbonyl (C=O) groups excluding carboxylic acids is 1. The van der Waals surface area contributed by atoms with Crippen LogP contribution >= 0.6 is 0 Å². The van der Waals surface area contributed by atoms with Crippen LogP contribution < -0.4 is 10.6 Å². The van der Waals surface area contributed by atoms with Gasteiger partial charge in [-0.15, -0.1) is 0 Å². The monoisotopic (exact) mass is 212 g/mol. The highest BCUT2D eigenvalue weighted by atomic mass is 16.3. The Bertz CT molecular complexity index is 219. The van der Waals surface area contributed by atoms with Crippen molar-refractivity contribution in [3.05, 3.63) is 0 Å². The molecular formula is C11H20N2O2. The number of aliphatic hydroxyl groups is 1. The van der Waals surface area contributed by atoms with Crippen LogP contribution in [0.4, 0.5) is 0 Å². The molecule has 1 amide bonds. The van der Waals surface area contributed by atoms with Gasteiger partial charge in [-0.2, -0.15) is 0 Å². The zero-order chi connectivity index (χ0) is 10.7. The van der Waals surface area contributed by atoms with E-state index >= 15 is 0 Å². The number of carbonyl (C=O) groups is 1. The van der Waals surface area contributed by atoms with Gasteiger partial charge in [0, 0.05) is 6.04 Å². The van der Waals surface area contributed by atoms with Crippen LogP contribution in [-0.4, -0.2) is 35.7 Å². The first-order valence-electron chi connectivity index (χ1n) is 5.97. The predicted octanol–water partition coefficient (Wildman–Crippen LogP) is 0.158. The third-order valence-electron chi connectivity index (χ3n) is 3.42. The quantitative estimate of drug-likeness (QED) is 0.611. The van der Waals surface area contributed by atoms with Crippen LogP contribution in [0.1, 0.15) is 38.5 Å². The fourth-order valence-electron chi connectivity index (χ4n) is 2.43. The van der Waals surface area contributed by atoms with E-state index in [1.807, 2.05) is 0 Å². The fourth-order valence-corrected chi connectivity index (χ4v) is 2.43. The lowest BCUT2D eigenvalue weighted by molar-refractivity contribution is -0.123. The van der Waals surface area contributed by atoms with Gasteiger partial charge in [-0.25, -0.2) is 0 Å². The van der Waals surface area contributed by atoms with Crippen molar-refractivity contribution < 1.29 is 9.90 Å². The molecule has 0 aromatic heterocycles. The van der Waals surface area contributed by atoms with E-state index in [4.69, 9.17) is 0 Å². The predicted molar refractivity (Wildman–Crippen MR) is 57.4 cm³/mol. The Hall–Kier alpha value is -0.610. The molecule has 2 fully saturated rings. The summed E-state index contributed by atoms with van der Waals surface area (Å²) in [5.74, 6) is 0.147. The standard InChI is InChI=1S/C11H20N2O2/c14-9-5-3-8(4-6-9)13-11(15)10-2-1-7-12-10/h8-10,12,14H,1-7H2,(H,13,15). The van der Waals surface area contributed by atoms with Crippen molar-refractivity contribution >= 4 is 5.91 Å². The van der Waals surface area contributed by atoms with Gasteiger partial charge >= 0.3 is 0 Å². The van der Waals surface area contributed by atoms with E-state index in [2.05, 4.69) is 10.6 Å². The lowest BCUT2D eigenvalue weighted by Crippen LogP contribution is -2.46. The molecule has 0 aromatic carbocycles. The molecule has 2 aliphatic rings. The van der Waals surface area contributed by atoms with Gasteiger partial charge in [-0.05, 0) is 45.1 Å². The number of rotatable bonds is 2. The van der Waals surface area contributed by atoms with E-state index in [9.17, 15) is 9.90 Å². The lowest BCUT2D eigenvalue weighted by atomic mass is 9.93. The van der Waals surface area contributed by atoms with Crippen molar-refractivity contribution in [3.8, 4) is 0 Å². The summed E-state index contributed by atoms with van der Waals surface area (Å²) in [5, 5.41) is 15.6. The van der Waals surface area contributed by atoms with Crippen molar-refractivity contribution in [2.75, 3.05) is 6.54 Å². The van der Waals surface area contributed by atoms with Crippen LogP contribution in [0.15, 0.2) is 0 Å². The molecule has 86 valence electrons. The zero-order valence-electron chi connectivity index (χ0n) is 9.04. The Morgan fingerprint density at radius 1 is 1.20 bits per heavy atom. The van der Waals surface area contributed by atoms with Crippen LogP contribution in [0.3, 0.4) is 0 Å². The molecule has 1 saturated heterocycles. The van der Waals surface area contributed by atoms with E-state index in [1.54, 1.807) is 0 Å². The Balaban J connectivity index is 1.74. The molecule has 15 heavy (non-hydrogen) atoms. The van der Waals surface area contributed by atoms with Gasteiger partial charge in [-0.3, -0.25) is 4.79 Å². The average molecular weight is 212 g/mol. The summed E-state index contributed by atoms with van der Waals surface area (Å²) >= 11 is 0. The first-order valence-corrected chi connectivity index (χ1v) is 5.97. The van der Waals surface area contributed by atoms with Gasteiger partial charge < -0.3 is 15.7 Å². The maximum absolute atomic E-state index is 11.8. The lowest BCUT2D eigenvalue weighted by Gasteiger charge is -2.27. The van der Waals surface area contributed by atoms with Crippen LogP contribution in [0.5, 0.6) is 0 Å². The molecule has 0 bridgehead atoms. The Morgan fingerprint density at radius 3 is 2.53 bits per heavy atom. The highest BCUT2D eigenvalue weighted by molar-refractivity contribution is 5.82. The Labute approximate surface area is 90.4 Å². The molecule has 0 aromatic rings. The smallest absolute Gasteiger partial charge is 0.237 e. The highest BCUT2D eigenvalue weighted by Crippen LogP contribution is 2.18. The molecule has 1 aliphatic carbocycles. The third-order valence-corrected chi connectivity index (χ3v) is 3.42. The second kappa shape index (κ2) is 4.94. The second-order valence-electron chi connectivity index (χ2n) is 4.66. The molecule has 1 unspecified atom stereocenters. The summed E-state index contributed by atoms with van der Waals surface area (Å²) in [6.45, 7) is 0.960. The molecule has 1 saturated carbocycles. The Morgan fingerprint density at radius 2 is 1.93 bits per heavy atom. The van der Waals surface area contributed by atoms with Crippen molar-refractivity contribution in [3.63, 3.8) is 0 Å². The van der Waals surface area contributed by atoms with Crippen LogP contribution in [-0.2, 0) is 4.79 Å². The summed E-state index contributed by atoms with van der Waals surface area (Å²) in [7, 11) is 0. The van der Waals surface area contributed by atoms with E-state index in [0.29, 0.717) is 0 Å². The molecule has 1 heterocycles. The summed E-state index contributed by atoms with van der Waals surface area (Å²) in [6.07, 6.45) is 5.39. The minimum atomic E-state index is -0.150. The number of amides is 1. The van der Waals surface area contributed by atoms with E-state index < -0.39 is 0 Å². The normalized spacial score (nSPS) is 36.5. The molecular weight excluding hydrogens is 192 g/mol. The molecule has 1 atom stereocenters. The highest BCUT2D eigenvalue weighted by Gasteiger charge is 2.26. The van der Waals surface area contributed by atoms with E-state index in [0.717, 1.165) is 45.1 Å². The van der Waals surface area contributed by atoms with Crippen molar-refractivity contribution in [1.29, 1.82) is 0 Å². The third kappa shape index (κ3) is 2.92. The summed E-state index contributed by atoms with van der Waals surface area (Å²) in [6, 6.07) is 0.306. The van der Waals surface area contributed by atoms with Crippen molar-refractivity contribution in [2.24, 2.45) is 0 Å². The van der Waals surface area contributed by atoms with E-state index in [1.165, 1.54) is 0 Å². The van der Waals surface area contributed by atoms with Gasteiger partial charge in [0.25, 0.3) is 0 Å². The van der Waals surface area contributed by atoms with Crippen molar-refractivity contribution in [1.82, 2.24) is 10.6 Å². The molecule has 4 heteroatoms.